The second-order valence-electron chi connectivity index (χ2n) is 8.58. The molecule has 1 atom stereocenters. The zero-order valence-electron chi connectivity index (χ0n) is 17.2. The van der Waals surface area contributed by atoms with Gasteiger partial charge >= 0.3 is 0 Å². The summed E-state index contributed by atoms with van der Waals surface area (Å²) >= 11 is 12.7. The summed E-state index contributed by atoms with van der Waals surface area (Å²) in [5, 5.41) is 8.12. The van der Waals surface area contributed by atoms with Gasteiger partial charge in [-0.3, -0.25) is 5.01 Å². The number of hydrogen-bond donors (Lipinski definition) is 0. The van der Waals surface area contributed by atoms with Crippen LogP contribution >= 0.6 is 23.2 Å². The normalized spacial score (nSPS) is 16.7. The molecule has 30 heavy (non-hydrogen) atoms. The zero-order chi connectivity index (χ0) is 21.5. The standard InChI is InChI=1S/C25H23Cl2FN2/c1-25(2,3)17-6-11-20(12-7-17)30-24(21-13-8-18(26)14-22(21)27)15-23(29-30)16-4-9-19(28)10-5-16/h4-14,24H,15H2,1-3H3. The molecule has 0 saturated heterocycles. The minimum atomic E-state index is -0.260. The van der Waals surface area contributed by atoms with Crippen LogP contribution in [-0.2, 0) is 5.41 Å². The topological polar surface area (TPSA) is 15.6 Å². The summed E-state index contributed by atoms with van der Waals surface area (Å²) in [6.45, 7) is 6.58. The van der Waals surface area contributed by atoms with Gasteiger partial charge in [-0.2, -0.15) is 5.10 Å². The molecule has 0 N–H and O–H groups in total. The van der Waals surface area contributed by atoms with E-state index in [9.17, 15) is 4.39 Å². The summed E-state index contributed by atoms with van der Waals surface area (Å²) in [6, 6.07) is 20.4. The monoisotopic (exact) mass is 440 g/mol. The Morgan fingerprint density at radius 2 is 1.60 bits per heavy atom. The number of hydrazone groups is 1. The fourth-order valence-corrected chi connectivity index (χ4v) is 4.23. The van der Waals surface area contributed by atoms with E-state index >= 15 is 0 Å². The van der Waals surface area contributed by atoms with Gasteiger partial charge in [0.15, 0.2) is 0 Å². The largest absolute Gasteiger partial charge is 0.257 e. The van der Waals surface area contributed by atoms with Crippen LogP contribution in [0.4, 0.5) is 10.1 Å². The second-order valence-corrected chi connectivity index (χ2v) is 9.42. The van der Waals surface area contributed by atoms with Crippen molar-refractivity contribution in [1.82, 2.24) is 0 Å². The first-order valence-corrected chi connectivity index (χ1v) is 10.7. The number of nitrogens with zero attached hydrogens (tertiary/aromatic N) is 2. The number of benzene rings is 3. The molecule has 2 nitrogen and oxygen atoms in total. The van der Waals surface area contributed by atoms with E-state index in [4.69, 9.17) is 28.3 Å². The molecule has 0 amide bonds. The van der Waals surface area contributed by atoms with Gasteiger partial charge in [0.1, 0.15) is 5.82 Å². The maximum absolute atomic E-state index is 13.4. The van der Waals surface area contributed by atoms with Gasteiger partial charge in [-0.15, -0.1) is 0 Å². The average molecular weight is 441 g/mol. The number of rotatable bonds is 3. The van der Waals surface area contributed by atoms with E-state index in [2.05, 4.69) is 45.0 Å². The molecule has 4 rings (SSSR count). The minimum absolute atomic E-state index is 0.0738. The molecular weight excluding hydrogens is 418 g/mol. The van der Waals surface area contributed by atoms with Crippen molar-refractivity contribution < 1.29 is 4.39 Å². The van der Waals surface area contributed by atoms with Crippen molar-refractivity contribution in [2.45, 2.75) is 38.6 Å². The van der Waals surface area contributed by atoms with E-state index in [1.165, 1.54) is 17.7 Å². The van der Waals surface area contributed by atoms with Crippen LogP contribution in [0.1, 0.15) is 49.9 Å². The zero-order valence-corrected chi connectivity index (χ0v) is 18.7. The molecule has 154 valence electrons. The van der Waals surface area contributed by atoms with E-state index in [1.807, 2.05) is 17.1 Å². The van der Waals surface area contributed by atoms with E-state index in [0.717, 1.165) is 22.5 Å². The Balaban J connectivity index is 1.76. The summed E-state index contributed by atoms with van der Waals surface area (Å²) in [5.74, 6) is -0.260. The average Bonchev–Trinajstić information content (AvgIpc) is 3.13. The number of anilines is 1. The lowest BCUT2D eigenvalue weighted by atomic mass is 9.87. The maximum atomic E-state index is 13.4. The maximum Gasteiger partial charge on any atom is 0.123 e. The van der Waals surface area contributed by atoms with Crippen LogP contribution in [-0.4, -0.2) is 5.71 Å². The van der Waals surface area contributed by atoms with Crippen molar-refractivity contribution in [1.29, 1.82) is 0 Å². The van der Waals surface area contributed by atoms with Gasteiger partial charge in [0, 0.05) is 16.5 Å². The molecule has 1 heterocycles. The Labute approximate surface area is 186 Å². The highest BCUT2D eigenvalue weighted by Crippen LogP contribution is 2.40. The molecule has 0 aromatic heterocycles. The molecule has 0 spiro atoms. The lowest BCUT2D eigenvalue weighted by Gasteiger charge is -2.26. The van der Waals surface area contributed by atoms with Gasteiger partial charge in [0.05, 0.1) is 17.4 Å². The van der Waals surface area contributed by atoms with Gasteiger partial charge < -0.3 is 0 Å². The summed E-state index contributed by atoms with van der Waals surface area (Å²) < 4.78 is 13.4. The van der Waals surface area contributed by atoms with Crippen molar-refractivity contribution >= 4 is 34.6 Å². The first-order chi connectivity index (χ1) is 14.2. The fourth-order valence-electron chi connectivity index (χ4n) is 3.69. The summed E-state index contributed by atoms with van der Waals surface area (Å²) in [4.78, 5) is 0. The van der Waals surface area contributed by atoms with E-state index in [-0.39, 0.29) is 17.3 Å². The number of hydrogen-bond acceptors (Lipinski definition) is 2. The highest BCUT2D eigenvalue weighted by molar-refractivity contribution is 6.35. The molecule has 1 aliphatic rings. The molecule has 0 aliphatic carbocycles. The Hall–Kier alpha value is -2.36. The van der Waals surface area contributed by atoms with Gasteiger partial charge in [0.2, 0.25) is 0 Å². The van der Waals surface area contributed by atoms with E-state index < -0.39 is 0 Å². The molecule has 0 radical (unpaired) electrons. The SMILES string of the molecule is CC(C)(C)c1ccc(N2N=C(c3ccc(F)cc3)CC2c2ccc(Cl)cc2Cl)cc1. The molecule has 0 fully saturated rings. The lowest BCUT2D eigenvalue weighted by Crippen LogP contribution is -2.19. The third kappa shape index (κ3) is 4.23. The van der Waals surface area contributed by atoms with Crippen LogP contribution in [0.3, 0.4) is 0 Å². The summed E-state index contributed by atoms with van der Waals surface area (Å²) in [5.41, 5.74) is 5.07. The quantitative estimate of drug-likeness (QED) is 0.405. The third-order valence-electron chi connectivity index (χ3n) is 5.41. The molecule has 3 aromatic rings. The van der Waals surface area contributed by atoms with Gasteiger partial charge in [-0.05, 0) is 58.5 Å². The van der Waals surface area contributed by atoms with Gasteiger partial charge in [-0.25, -0.2) is 4.39 Å². The predicted molar refractivity (Wildman–Crippen MR) is 124 cm³/mol. The Morgan fingerprint density at radius 1 is 0.933 bits per heavy atom. The molecule has 1 aliphatic heterocycles. The van der Waals surface area contributed by atoms with Crippen molar-refractivity contribution in [3.63, 3.8) is 0 Å². The third-order valence-corrected chi connectivity index (χ3v) is 5.97. The second kappa shape index (κ2) is 8.05. The van der Waals surface area contributed by atoms with Crippen LogP contribution in [0, 0.1) is 5.82 Å². The predicted octanol–water partition coefficient (Wildman–Crippen LogP) is 7.79. The van der Waals surface area contributed by atoms with E-state index in [1.54, 1.807) is 18.2 Å². The summed E-state index contributed by atoms with van der Waals surface area (Å²) in [6.07, 6.45) is 0.661. The molecule has 0 saturated carbocycles. The van der Waals surface area contributed by atoms with Gasteiger partial charge in [-0.1, -0.05) is 74.3 Å². The molecule has 1 unspecified atom stereocenters. The smallest absolute Gasteiger partial charge is 0.123 e. The summed E-state index contributed by atoms with van der Waals surface area (Å²) in [7, 11) is 0. The molecular formula is C25H23Cl2FN2. The minimum Gasteiger partial charge on any atom is -0.257 e. The van der Waals surface area contributed by atoms with Crippen LogP contribution in [0.25, 0.3) is 0 Å². The molecule has 5 heteroatoms. The number of halogens is 3. The highest BCUT2D eigenvalue weighted by Gasteiger charge is 2.31. The fraction of sp³-hybridized carbons (Fsp3) is 0.240. The van der Waals surface area contributed by atoms with Gasteiger partial charge in [0.25, 0.3) is 0 Å². The molecule has 3 aromatic carbocycles. The van der Waals surface area contributed by atoms with Crippen LogP contribution < -0.4 is 5.01 Å². The van der Waals surface area contributed by atoms with E-state index in [0.29, 0.717) is 16.5 Å². The first kappa shape index (κ1) is 20.9. The Bertz CT molecular complexity index is 1080. The van der Waals surface area contributed by atoms with Crippen LogP contribution in [0.15, 0.2) is 71.8 Å². The Morgan fingerprint density at radius 3 is 2.20 bits per heavy atom. The lowest BCUT2D eigenvalue weighted by molar-refractivity contribution is 0.590. The van der Waals surface area contributed by atoms with Crippen molar-refractivity contribution in [3.8, 4) is 0 Å². The molecule has 0 bridgehead atoms. The van der Waals surface area contributed by atoms with Crippen LogP contribution in [0.2, 0.25) is 10.0 Å². The van der Waals surface area contributed by atoms with Crippen molar-refractivity contribution in [3.05, 3.63) is 99.3 Å². The Kier molecular flexibility index (Phi) is 5.61. The van der Waals surface area contributed by atoms with Crippen molar-refractivity contribution in [2.24, 2.45) is 5.10 Å². The van der Waals surface area contributed by atoms with Crippen molar-refractivity contribution in [2.75, 3.05) is 5.01 Å². The van der Waals surface area contributed by atoms with Crippen LogP contribution in [0.5, 0.6) is 0 Å². The first-order valence-electron chi connectivity index (χ1n) is 9.90. The highest BCUT2D eigenvalue weighted by atomic mass is 35.5.